The van der Waals surface area contributed by atoms with Crippen molar-refractivity contribution in [2.45, 2.75) is 26.3 Å². The van der Waals surface area contributed by atoms with Gasteiger partial charge in [0.1, 0.15) is 5.75 Å². The van der Waals surface area contributed by atoms with E-state index >= 15 is 0 Å². The fourth-order valence-corrected chi connectivity index (χ4v) is 3.88. The molecule has 0 radical (unpaired) electrons. The largest absolute Gasteiger partial charge is 0.492 e. The molecule has 2 rings (SSSR count). The van der Waals surface area contributed by atoms with Gasteiger partial charge in [-0.1, -0.05) is 42.5 Å². The molecule has 0 N–H and O–H groups in total. The average molecular weight is 405 g/mol. The van der Waals surface area contributed by atoms with Gasteiger partial charge in [0, 0.05) is 26.6 Å². The second-order valence-corrected chi connectivity index (χ2v) is 8.48. The van der Waals surface area contributed by atoms with Crippen LogP contribution in [0.25, 0.3) is 0 Å². The molecule has 0 spiro atoms. The number of benzene rings is 2. The van der Waals surface area contributed by atoms with Gasteiger partial charge in [0.2, 0.25) is 15.9 Å². The van der Waals surface area contributed by atoms with Crippen LogP contribution in [0.4, 0.5) is 5.69 Å². The normalized spacial score (nSPS) is 11.1. The first kappa shape index (κ1) is 21.8. The predicted octanol–water partition coefficient (Wildman–Crippen LogP) is 3.29. The third-order valence-corrected chi connectivity index (χ3v) is 5.45. The summed E-state index contributed by atoms with van der Waals surface area (Å²) in [6.07, 6.45) is 1.86. The van der Waals surface area contributed by atoms with Gasteiger partial charge in [-0.25, -0.2) is 8.42 Å². The highest BCUT2D eigenvalue weighted by molar-refractivity contribution is 7.92. The quantitative estimate of drug-likeness (QED) is 0.609. The number of carbonyl (C=O) groups is 1. The zero-order chi connectivity index (χ0) is 20.6. The number of para-hydroxylation sites is 2. The van der Waals surface area contributed by atoms with Gasteiger partial charge in [-0.2, -0.15) is 0 Å². The standard InChI is InChI=1S/C21H28N2O4S/c1-4-27-20-14-9-8-13-19(20)23(28(3,25)26)16-10-15-21(24)22(2)17-18-11-6-5-7-12-18/h5-9,11-14H,4,10,15-17H2,1-3H3. The van der Waals surface area contributed by atoms with Crippen LogP contribution >= 0.6 is 0 Å². The Hall–Kier alpha value is -2.54. The van der Waals surface area contributed by atoms with Crippen LogP contribution in [0.1, 0.15) is 25.3 Å². The zero-order valence-electron chi connectivity index (χ0n) is 16.7. The van der Waals surface area contributed by atoms with Crippen LogP contribution in [0.5, 0.6) is 5.75 Å². The molecule has 0 fully saturated rings. The number of anilines is 1. The van der Waals surface area contributed by atoms with Crippen molar-refractivity contribution in [1.82, 2.24) is 4.90 Å². The number of rotatable bonds is 10. The van der Waals surface area contributed by atoms with E-state index in [1.807, 2.05) is 37.3 Å². The molecule has 7 heteroatoms. The highest BCUT2D eigenvalue weighted by atomic mass is 32.2. The van der Waals surface area contributed by atoms with Crippen LogP contribution in [0.3, 0.4) is 0 Å². The Kier molecular flexibility index (Phi) is 7.87. The lowest BCUT2D eigenvalue weighted by Crippen LogP contribution is -2.32. The minimum atomic E-state index is -3.50. The number of sulfonamides is 1. The van der Waals surface area contributed by atoms with E-state index in [4.69, 9.17) is 4.74 Å². The first-order valence-electron chi connectivity index (χ1n) is 9.30. The van der Waals surface area contributed by atoms with E-state index in [1.54, 1.807) is 36.2 Å². The summed E-state index contributed by atoms with van der Waals surface area (Å²) < 4.78 is 31.5. The third-order valence-electron chi connectivity index (χ3n) is 4.27. The van der Waals surface area contributed by atoms with Crippen LogP contribution in [0.15, 0.2) is 54.6 Å². The van der Waals surface area contributed by atoms with E-state index in [-0.39, 0.29) is 18.9 Å². The van der Waals surface area contributed by atoms with Crippen molar-refractivity contribution in [3.8, 4) is 5.75 Å². The molecule has 28 heavy (non-hydrogen) atoms. The molecule has 0 aliphatic rings. The van der Waals surface area contributed by atoms with Gasteiger partial charge in [-0.3, -0.25) is 9.10 Å². The highest BCUT2D eigenvalue weighted by Gasteiger charge is 2.21. The molecule has 0 bridgehead atoms. The molecule has 0 atom stereocenters. The lowest BCUT2D eigenvalue weighted by atomic mass is 10.2. The van der Waals surface area contributed by atoms with E-state index in [2.05, 4.69) is 0 Å². The van der Waals surface area contributed by atoms with Crippen molar-refractivity contribution in [2.24, 2.45) is 0 Å². The summed E-state index contributed by atoms with van der Waals surface area (Å²) >= 11 is 0. The van der Waals surface area contributed by atoms with E-state index in [1.165, 1.54) is 10.6 Å². The molecule has 152 valence electrons. The maximum absolute atomic E-state index is 12.4. The molecule has 0 saturated heterocycles. The molecule has 0 heterocycles. The van der Waals surface area contributed by atoms with Crippen LogP contribution in [-0.4, -0.2) is 45.7 Å². The fourth-order valence-electron chi connectivity index (χ4n) is 2.92. The summed E-state index contributed by atoms with van der Waals surface area (Å²) in [7, 11) is -1.74. The van der Waals surface area contributed by atoms with Gasteiger partial charge in [0.05, 0.1) is 18.6 Å². The summed E-state index contributed by atoms with van der Waals surface area (Å²) in [6.45, 7) is 3.04. The highest BCUT2D eigenvalue weighted by Crippen LogP contribution is 2.30. The molecular weight excluding hydrogens is 376 g/mol. The van der Waals surface area contributed by atoms with E-state index in [9.17, 15) is 13.2 Å². The van der Waals surface area contributed by atoms with Gasteiger partial charge < -0.3 is 9.64 Å². The summed E-state index contributed by atoms with van der Waals surface area (Å²) in [4.78, 5) is 14.1. The molecule has 6 nitrogen and oxygen atoms in total. The summed E-state index contributed by atoms with van der Waals surface area (Å²) in [5.41, 5.74) is 1.55. The van der Waals surface area contributed by atoms with Gasteiger partial charge in [-0.15, -0.1) is 0 Å². The molecule has 0 unspecified atom stereocenters. The SMILES string of the molecule is CCOc1ccccc1N(CCCC(=O)N(C)Cc1ccccc1)S(C)(=O)=O. The maximum Gasteiger partial charge on any atom is 0.232 e. The van der Waals surface area contributed by atoms with Crippen molar-refractivity contribution >= 4 is 21.6 Å². The molecule has 0 aromatic heterocycles. The molecule has 0 aliphatic heterocycles. The minimum absolute atomic E-state index is 0.0182. The Labute approximate surface area is 167 Å². The van der Waals surface area contributed by atoms with Crippen LogP contribution in [-0.2, 0) is 21.4 Å². The van der Waals surface area contributed by atoms with Crippen LogP contribution < -0.4 is 9.04 Å². The van der Waals surface area contributed by atoms with Crippen molar-refractivity contribution in [2.75, 3.05) is 30.8 Å². The number of amides is 1. The number of hydrogen-bond acceptors (Lipinski definition) is 4. The van der Waals surface area contributed by atoms with E-state index < -0.39 is 10.0 Å². The smallest absolute Gasteiger partial charge is 0.232 e. The summed E-state index contributed by atoms with van der Waals surface area (Å²) in [6, 6.07) is 16.8. The summed E-state index contributed by atoms with van der Waals surface area (Å²) in [5.74, 6) is 0.498. The third kappa shape index (κ3) is 6.27. The molecule has 1 amide bonds. The van der Waals surface area contributed by atoms with Gasteiger partial charge in [-0.05, 0) is 31.0 Å². The van der Waals surface area contributed by atoms with Crippen molar-refractivity contribution in [3.63, 3.8) is 0 Å². The minimum Gasteiger partial charge on any atom is -0.492 e. The van der Waals surface area contributed by atoms with Crippen molar-refractivity contribution < 1.29 is 17.9 Å². The topological polar surface area (TPSA) is 66.9 Å². The monoisotopic (exact) mass is 404 g/mol. The average Bonchev–Trinajstić information content (AvgIpc) is 2.66. The van der Waals surface area contributed by atoms with E-state index in [0.29, 0.717) is 31.0 Å². The van der Waals surface area contributed by atoms with Gasteiger partial charge in [0.25, 0.3) is 0 Å². The van der Waals surface area contributed by atoms with Gasteiger partial charge in [0.15, 0.2) is 0 Å². The zero-order valence-corrected chi connectivity index (χ0v) is 17.5. The summed E-state index contributed by atoms with van der Waals surface area (Å²) in [5, 5.41) is 0. The molecule has 0 aliphatic carbocycles. The molecule has 0 saturated carbocycles. The Morgan fingerprint density at radius 2 is 1.68 bits per heavy atom. The second kappa shape index (κ2) is 10.1. The maximum atomic E-state index is 12.4. The molecule has 2 aromatic rings. The first-order valence-corrected chi connectivity index (χ1v) is 11.1. The van der Waals surface area contributed by atoms with Gasteiger partial charge >= 0.3 is 0 Å². The molecule has 2 aromatic carbocycles. The van der Waals surface area contributed by atoms with Crippen molar-refractivity contribution in [1.29, 1.82) is 0 Å². The Bertz CT molecular complexity index is 869. The Morgan fingerprint density at radius 3 is 2.32 bits per heavy atom. The van der Waals surface area contributed by atoms with Crippen LogP contribution in [0.2, 0.25) is 0 Å². The fraction of sp³-hybridized carbons (Fsp3) is 0.381. The predicted molar refractivity (Wildman–Crippen MR) is 112 cm³/mol. The number of ether oxygens (including phenoxy) is 1. The lowest BCUT2D eigenvalue weighted by molar-refractivity contribution is -0.130. The Balaban J connectivity index is 2.00. The number of carbonyl (C=O) groups excluding carboxylic acids is 1. The second-order valence-electron chi connectivity index (χ2n) is 6.57. The van der Waals surface area contributed by atoms with Crippen LogP contribution in [0, 0.1) is 0 Å². The Morgan fingerprint density at radius 1 is 1.04 bits per heavy atom. The number of nitrogens with zero attached hydrogens (tertiary/aromatic N) is 2. The first-order chi connectivity index (χ1) is 13.3. The van der Waals surface area contributed by atoms with E-state index in [0.717, 1.165) is 5.56 Å². The molecular formula is C21H28N2O4S. The lowest BCUT2D eigenvalue weighted by Gasteiger charge is -2.25. The van der Waals surface area contributed by atoms with Crippen molar-refractivity contribution in [3.05, 3.63) is 60.2 Å². The number of hydrogen-bond donors (Lipinski definition) is 0.